The third-order valence-electron chi connectivity index (χ3n) is 4.60. The quantitative estimate of drug-likeness (QED) is 0.726. The number of likely N-dealkylation sites (tertiary alicyclic amines) is 1. The van der Waals surface area contributed by atoms with Crippen LogP contribution >= 0.6 is 0 Å². The van der Waals surface area contributed by atoms with Gasteiger partial charge in [-0.05, 0) is 18.9 Å². The van der Waals surface area contributed by atoms with Gasteiger partial charge < -0.3 is 21.1 Å². The molecule has 4 N–H and O–H groups in total. The van der Waals surface area contributed by atoms with Gasteiger partial charge in [0.15, 0.2) is 0 Å². The van der Waals surface area contributed by atoms with Crippen LogP contribution in [0, 0.1) is 0 Å². The van der Waals surface area contributed by atoms with Crippen molar-refractivity contribution in [3.63, 3.8) is 0 Å². The van der Waals surface area contributed by atoms with Crippen molar-refractivity contribution in [1.29, 1.82) is 0 Å². The Labute approximate surface area is 135 Å². The molecule has 0 unspecified atom stereocenters. The van der Waals surface area contributed by atoms with E-state index in [0.717, 1.165) is 6.42 Å². The summed E-state index contributed by atoms with van der Waals surface area (Å²) in [5, 5.41) is 12.8. The predicted octanol–water partition coefficient (Wildman–Crippen LogP) is -0.0323. The van der Waals surface area contributed by atoms with Gasteiger partial charge in [0, 0.05) is 24.9 Å². The van der Waals surface area contributed by atoms with E-state index in [4.69, 9.17) is 5.73 Å². The van der Waals surface area contributed by atoms with Gasteiger partial charge in [-0.25, -0.2) is 0 Å². The fourth-order valence-corrected chi connectivity index (χ4v) is 3.27. The molecule has 0 bridgehead atoms. The van der Waals surface area contributed by atoms with Crippen molar-refractivity contribution in [1.82, 2.24) is 10.2 Å². The molecule has 6 heteroatoms. The van der Waals surface area contributed by atoms with Gasteiger partial charge in [-0.2, -0.15) is 0 Å². The van der Waals surface area contributed by atoms with Crippen LogP contribution in [0.2, 0.25) is 0 Å². The highest BCUT2D eigenvalue weighted by atomic mass is 16.3. The van der Waals surface area contributed by atoms with Crippen molar-refractivity contribution in [3.8, 4) is 0 Å². The maximum atomic E-state index is 12.5. The molecule has 2 amide bonds. The Morgan fingerprint density at radius 1 is 1.30 bits per heavy atom. The highest BCUT2D eigenvalue weighted by Crippen LogP contribution is 2.40. The molecule has 1 aromatic carbocycles. The number of amides is 2. The summed E-state index contributed by atoms with van der Waals surface area (Å²) in [5.41, 5.74) is 6.85. The van der Waals surface area contributed by atoms with E-state index in [9.17, 15) is 14.7 Å². The third-order valence-corrected chi connectivity index (χ3v) is 4.60. The number of aliphatic hydroxyl groups is 1. The Hall–Kier alpha value is -1.92. The number of hydrogen-bond donors (Lipinski definition) is 3. The van der Waals surface area contributed by atoms with Crippen molar-refractivity contribution in [3.05, 3.63) is 35.9 Å². The van der Waals surface area contributed by atoms with E-state index < -0.39 is 18.2 Å². The molecule has 1 aliphatic carbocycles. The summed E-state index contributed by atoms with van der Waals surface area (Å²) in [6.45, 7) is 1.76. The molecule has 1 saturated heterocycles. The van der Waals surface area contributed by atoms with E-state index in [1.54, 1.807) is 6.92 Å². The van der Waals surface area contributed by atoms with Gasteiger partial charge in [0.25, 0.3) is 0 Å². The number of nitrogens with zero attached hydrogens (tertiary/aromatic N) is 1. The van der Waals surface area contributed by atoms with Crippen LogP contribution in [-0.2, 0) is 9.59 Å². The molecule has 2 fully saturated rings. The predicted molar refractivity (Wildman–Crippen MR) is 85.5 cm³/mol. The van der Waals surface area contributed by atoms with Gasteiger partial charge in [0.2, 0.25) is 11.8 Å². The van der Waals surface area contributed by atoms with Crippen LogP contribution in [0.5, 0.6) is 0 Å². The lowest BCUT2D eigenvalue weighted by molar-refractivity contribution is -0.139. The van der Waals surface area contributed by atoms with Crippen molar-refractivity contribution in [2.24, 2.45) is 5.73 Å². The molecule has 1 heterocycles. The molecule has 5 atom stereocenters. The van der Waals surface area contributed by atoms with E-state index in [1.165, 1.54) is 10.5 Å². The van der Waals surface area contributed by atoms with Crippen LogP contribution in [0.15, 0.2) is 30.3 Å². The van der Waals surface area contributed by atoms with E-state index in [0.29, 0.717) is 5.92 Å². The fourth-order valence-electron chi connectivity index (χ4n) is 3.27. The minimum absolute atomic E-state index is 0.106. The topological polar surface area (TPSA) is 95.7 Å². The molecule has 23 heavy (non-hydrogen) atoms. The number of nitrogens with one attached hydrogen (secondary N) is 1. The van der Waals surface area contributed by atoms with Crippen LogP contribution in [0.4, 0.5) is 0 Å². The molecule has 1 saturated carbocycles. The number of benzene rings is 1. The SMILES string of the molecule is C[C@H](N)C(=O)N1C[C@H](O)C[C@H]1C(=O)N[C@H]1C[C@@H]1c1ccccc1. The molecule has 2 aliphatic rings. The molecule has 0 spiro atoms. The number of aliphatic hydroxyl groups excluding tert-OH is 1. The summed E-state index contributed by atoms with van der Waals surface area (Å²) >= 11 is 0. The second kappa shape index (κ2) is 6.29. The maximum Gasteiger partial charge on any atom is 0.243 e. The standard InChI is InChI=1S/C17H23N3O3/c1-10(18)17(23)20-9-12(21)7-15(20)16(22)19-14-8-13(14)11-5-3-2-4-6-11/h2-6,10,12-15,21H,7-9,18H2,1H3,(H,19,22)/t10-,12+,13+,14-,15-/m0/s1. The lowest BCUT2D eigenvalue weighted by Crippen LogP contribution is -2.51. The largest absolute Gasteiger partial charge is 0.391 e. The zero-order chi connectivity index (χ0) is 16.6. The first-order valence-electron chi connectivity index (χ1n) is 8.07. The minimum Gasteiger partial charge on any atom is -0.391 e. The summed E-state index contributed by atoms with van der Waals surface area (Å²) in [4.78, 5) is 26.0. The highest BCUT2D eigenvalue weighted by Gasteiger charge is 2.44. The minimum atomic E-state index is -0.673. The first kappa shape index (κ1) is 16.0. The first-order chi connectivity index (χ1) is 11.0. The Morgan fingerprint density at radius 2 is 2.00 bits per heavy atom. The molecular weight excluding hydrogens is 294 g/mol. The molecule has 1 aliphatic heterocycles. The lowest BCUT2D eigenvalue weighted by atomic mass is 10.1. The molecule has 0 aromatic heterocycles. The zero-order valence-electron chi connectivity index (χ0n) is 13.2. The number of hydrogen-bond acceptors (Lipinski definition) is 4. The number of carbonyl (C=O) groups excluding carboxylic acids is 2. The molecule has 6 nitrogen and oxygen atoms in total. The van der Waals surface area contributed by atoms with E-state index in [1.807, 2.05) is 18.2 Å². The number of β-amino-alcohol motifs (C(OH)–C–C–N with tert-alkyl or cyclic N) is 1. The van der Waals surface area contributed by atoms with Crippen LogP contribution in [0.3, 0.4) is 0 Å². The van der Waals surface area contributed by atoms with Crippen LogP contribution < -0.4 is 11.1 Å². The van der Waals surface area contributed by atoms with Gasteiger partial charge in [-0.3, -0.25) is 9.59 Å². The normalized spacial score (nSPS) is 30.8. The Morgan fingerprint density at radius 3 is 2.65 bits per heavy atom. The van der Waals surface area contributed by atoms with Crippen molar-refractivity contribution >= 4 is 11.8 Å². The van der Waals surface area contributed by atoms with Crippen molar-refractivity contribution in [2.75, 3.05) is 6.54 Å². The summed E-state index contributed by atoms with van der Waals surface area (Å²) in [6.07, 6.45) is 0.511. The van der Waals surface area contributed by atoms with E-state index in [2.05, 4.69) is 17.4 Å². The number of rotatable bonds is 4. The van der Waals surface area contributed by atoms with Gasteiger partial charge in [0.1, 0.15) is 6.04 Å². The number of carbonyl (C=O) groups is 2. The third kappa shape index (κ3) is 3.38. The van der Waals surface area contributed by atoms with Gasteiger partial charge >= 0.3 is 0 Å². The molecular formula is C17H23N3O3. The molecule has 3 rings (SSSR count). The summed E-state index contributed by atoms with van der Waals surface area (Å²) in [6, 6.07) is 8.87. The summed E-state index contributed by atoms with van der Waals surface area (Å²) in [5.74, 6) is -0.153. The Balaban J connectivity index is 1.61. The van der Waals surface area contributed by atoms with Crippen LogP contribution in [0.25, 0.3) is 0 Å². The average Bonchev–Trinajstić information content (AvgIpc) is 3.18. The molecule has 1 aromatic rings. The average molecular weight is 317 g/mol. The Bertz CT molecular complexity index is 590. The van der Waals surface area contributed by atoms with Crippen LogP contribution in [0.1, 0.15) is 31.2 Å². The maximum absolute atomic E-state index is 12.5. The summed E-state index contributed by atoms with van der Waals surface area (Å²) < 4.78 is 0. The van der Waals surface area contributed by atoms with E-state index in [-0.39, 0.29) is 30.8 Å². The number of nitrogens with two attached hydrogens (primary N) is 1. The van der Waals surface area contributed by atoms with Gasteiger partial charge in [-0.1, -0.05) is 30.3 Å². The first-order valence-corrected chi connectivity index (χ1v) is 8.07. The van der Waals surface area contributed by atoms with Crippen molar-refractivity contribution < 1.29 is 14.7 Å². The van der Waals surface area contributed by atoms with Gasteiger partial charge in [-0.15, -0.1) is 0 Å². The van der Waals surface area contributed by atoms with E-state index >= 15 is 0 Å². The fraction of sp³-hybridized carbons (Fsp3) is 0.529. The van der Waals surface area contributed by atoms with Gasteiger partial charge in [0.05, 0.1) is 12.1 Å². The summed E-state index contributed by atoms with van der Waals surface area (Å²) in [7, 11) is 0. The zero-order valence-corrected chi connectivity index (χ0v) is 13.2. The van der Waals surface area contributed by atoms with Crippen LogP contribution in [-0.4, -0.2) is 52.6 Å². The highest BCUT2D eigenvalue weighted by molar-refractivity contribution is 5.90. The molecule has 0 radical (unpaired) electrons. The Kier molecular flexibility index (Phi) is 4.37. The second-order valence-corrected chi connectivity index (χ2v) is 6.55. The van der Waals surface area contributed by atoms with Crippen molar-refractivity contribution in [2.45, 2.75) is 49.9 Å². The lowest BCUT2D eigenvalue weighted by Gasteiger charge is -2.25. The molecule has 124 valence electrons. The monoisotopic (exact) mass is 317 g/mol. The second-order valence-electron chi connectivity index (χ2n) is 6.55. The smallest absolute Gasteiger partial charge is 0.243 e.